The lowest BCUT2D eigenvalue weighted by Gasteiger charge is -2.46. The van der Waals surface area contributed by atoms with Gasteiger partial charge < -0.3 is 33.7 Å². The predicted octanol–water partition coefficient (Wildman–Crippen LogP) is 9.54. The molecular formula is C52H55NO9S. The number of amides is 1. The van der Waals surface area contributed by atoms with Gasteiger partial charge in [-0.25, -0.2) is 13.2 Å². The predicted molar refractivity (Wildman–Crippen MR) is 241 cm³/mol. The molecule has 1 aliphatic rings. The molecule has 7 rings (SSSR count). The van der Waals surface area contributed by atoms with Crippen molar-refractivity contribution in [2.24, 2.45) is 0 Å². The van der Waals surface area contributed by atoms with E-state index in [1.54, 1.807) is 24.3 Å². The third kappa shape index (κ3) is 13.4. The zero-order valence-corrected chi connectivity index (χ0v) is 36.3. The van der Waals surface area contributed by atoms with E-state index in [1.807, 2.05) is 159 Å². The maximum Gasteiger partial charge on any atom is 0.408 e. The van der Waals surface area contributed by atoms with E-state index in [1.165, 1.54) is 0 Å². The molecule has 1 unspecified atom stereocenters. The van der Waals surface area contributed by atoms with Gasteiger partial charge in [-0.3, -0.25) is 0 Å². The second-order valence-electron chi connectivity index (χ2n) is 15.6. The molecule has 0 aromatic heterocycles. The molecule has 0 radical (unpaired) electrons. The number of sulfone groups is 1. The summed E-state index contributed by atoms with van der Waals surface area (Å²) < 4.78 is 68.3. The fourth-order valence-corrected chi connectivity index (χ4v) is 9.07. The van der Waals surface area contributed by atoms with E-state index in [-0.39, 0.29) is 50.8 Å². The van der Waals surface area contributed by atoms with Gasteiger partial charge in [0.2, 0.25) is 0 Å². The van der Waals surface area contributed by atoms with Crippen molar-refractivity contribution in [2.75, 3.05) is 6.61 Å². The summed E-state index contributed by atoms with van der Waals surface area (Å²) in [5.74, 6) is 0. The Balaban J connectivity index is 1.21. The Morgan fingerprint density at radius 3 is 1.43 bits per heavy atom. The highest BCUT2D eigenvalue weighted by Crippen LogP contribution is 2.34. The lowest BCUT2D eigenvalue weighted by Crippen LogP contribution is -2.61. The van der Waals surface area contributed by atoms with Crippen molar-refractivity contribution in [1.82, 2.24) is 5.32 Å². The molecule has 1 saturated heterocycles. The van der Waals surface area contributed by atoms with Gasteiger partial charge in [0.15, 0.2) is 9.84 Å². The Bertz CT molecular complexity index is 2360. The van der Waals surface area contributed by atoms with E-state index in [2.05, 4.69) is 5.32 Å². The van der Waals surface area contributed by atoms with Crippen LogP contribution in [0.25, 0.3) is 0 Å². The van der Waals surface area contributed by atoms with E-state index < -0.39 is 51.8 Å². The summed E-state index contributed by atoms with van der Waals surface area (Å²) in [7, 11) is -4.13. The maximum atomic E-state index is 14.4. The van der Waals surface area contributed by atoms with E-state index >= 15 is 0 Å². The van der Waals surface area contributed by atoms with Crippen LogP contribution in [0.2, 0.25) is 0 Å². The summed E-state index contributed by atoms with van der Waals surface area (Å²) in [6.45, 7) is 3.11. The minimum absolute atomic E-state index is 0.0272. The van der Waals surface area contributed by atoms with Crippen LogP contribution in [0, 0.1) is 6.92 Å². The largest absolute Gasteiger partial charge is 0.445 e. The molecule has 1 amide bonds. The molecule has 6 aromatic carbocycles. The molecular weight excluding hydrogens is 815 g/mol. The van der Waals surface area contributed by atoms with Crippen LogP contribution in [0.3, 0.4) is 0 Å². The number of hydrogen-bond donors (Lipinski definition) is 1. The van der Waals surface area contributed by atoms with Gasteiger partial charge in [0.1, 0.15) is 36.4 Å². The lowest BCUT2D eigenvalue weighted by molar-refractivity contribution is -0.273. The quantitative estimate of drug-likeness (QED) is 0.0755. The Morgan fingerprint density at radius 1 is 0.540 bits per heavy atom. The molecule has 328 valence electrons. The fourth-order valence-electron chi connectivity index (χ4n) is 7.53. The normalized spacial score (nSPS) is 19.2. The Morgan fingerprint density at radius 2 is 0.952 bits per heavy atom. The summed E-state index contributed by atoms with van der Waals surface area (Å²) >= 11 is 0. The number of carbonyl (C=O) groups is 1. The van der Waals surface area contributed by atoms with Crippen molar-refractivity contribution in [2.45, 2.75) is 93.6 Å². The van der Waals surface area contributed by atoms with Gasteiger partial charge in [-0.2, -0.15) is 0 Å². The standard InChI is InChI=1S/C52H55NO9S/c1-39-27-29-45(30-28-39)63(55,56)48(53-52(54)61-37-44-25-15-6-16-26-44)32-31-46-49(58-34-41-19-9-3-10-20-41)51(60-36-43-23-13-5-14-24-43)50(59-35-42-21-11-4-12-22-42)47(62-46)38-57-33-40-17-7-2-8-18-40/h2-30,46-51H,31-38H2,1H3,(H,53,54)/t46-,47-,48?,49+,50+,51-/m1/s1. The van der Waals surface area contributed by atoms with Crippen molar-refractivity contribution in [1.29, 1.82) is 0 Å². The number of carbonyl (C=O) groups excluding carboxylic acids is 1. The van der Waals surface area contributed by atoms with Crippen molar-refractivity contribution in [3.05, 3.63) is 209 Å². The third-order valence-corrected chi connectivity index (χ3v) is 12.9. The number of aryl methyl sites for hydroxylation is 1. The average molecular weight is 870 g/mol. The molecule has 0 aliphatic carbocycles. The molecule has 11 heteroatoms. The zero-order valence-electron chi connectivity index (χ0n) is 35.4. The van der Waals surface area contributed by atoms with Crippen LogP contribution in [0.1, 0.15) is 46.2 Å². The Kier molecular flexibility index (Phi) is 16.7. The molecule has 1 aliphatic heterocycles. The number of rotatable bonds is 21. The van der Waals surface area contributed by atoms with Crippen LogP contribution >= 0.6 is 0 Å². The summed E-state index contributed by atoms with van der Waals surface area (Å²) in [5.41, 5.74) is 5.55. The average Bonchev–Trinajstić information content (AvgIpc) is 3.32. The molecule has 0 spiro atoms. The van der Waals surface area contributed by atoms with E-state index in [0.29, 0.717) is 6.61 Å². The van der Waals surface area contributed by atoms with Crippen LogP contribution in [0.5, 0.6) is 0 Å². The highest BCUT2D eigenvalue weighted by molar-refractivity contribution is 7.92. The Hall–Kier alpha value is -5.66. The van der Waals surface area contributed by atoms with Crippen LogP contribution in [0.15, 0.2) is 181 Å². The molecule has 6 atom stereocenters. The highest BCUT2D eigenvalue weighted by atomic mass is 32.2. The first-order chi connectivity index (χ1) is 30.8. The van der Waals surface area contributed by atoms with Crippen LogP contribution in [0.4, 0.5) is 4.79 Å². The fraction of sp³-hybridized carbons (Fsp3) is 0.288. The molecule has 1 N–H and O–H groups in total. The monoisotopic (exact) mass is 869 g/mol. The number of nitrogens with one attached hydrogen (secondary N) is 1. The lowest BCUT2D eigenvalue weighted by atomic mass is 9.91. The minimum Gasteiger partial charge on any atom is -0.445 e. The molecule has 1 heterocycles. The molecule has 63 heavy (non-hydrogen) atoms. The van der Waals surface area contributed by atoms with Gasteiger partial charge in [-0.15, -0.1) is 0 Å². The summed E-state index contributed by atoms with van der Waals surface area (Å²) in [6, 6.07) is 55.3. The molecule has 1 fully saturated rings. The molecule has 6 aromatic rings. The third-order valence-electron chi connectivity index (χ3n) is 10.9. The van der Waals surface area contributed by atoms with Crippen LogP contribution in [-0.2, 0) is 71.3 Å². The van der Waals surface area contributed by atoms with Gasteiger partial charge in [-0.1, -0.05) is 169 Å². The van der Waals surface area contributed by atoms with Crippen molar-refractivity contribution in [3.8, 4) is 0 Å². The summed E-state index contributed by atoms with van der Waals surface area (Å²) in [4.78, 5) is 13.5. The van der Waals surface area contributed by atoms with Crippen molar-refractivity contribution < 1.29 is 41.6 Å². The van der Waals surface area contributed by atoms with Crippen molar-refractivity contribution in [3.63, 3.8) is 0 Å². The van der Waals surface area contributed by atoms with Crippen LogP contribution in [-0.4, -0.2) is 57.0 Å². The smallest absolute Gasteiger partial charge is 0.408 e. The Labute approximate surface area is 371 Å². The first kappa shape index (κ1) is 45.4. The van der Waals surface area contributed by atoms with Crippen molar-refractivity contribution >= 4 is 15.9 Å². The zero-order chi connectivity index (χ0) is 43.7. The van der Waals surface area contributed by atoms with Gasteiger partial charge in [0, 0.05) is 0 Å². The van der Waals surface area contributed by atoms with E-state index in [0.717, 1.165) is 33.4 Å². The summed E-state index contributed by atoms with van der Waals surface area (Å²) in [5, 5.41) is 1.33. The van der Waals surface area contributed by atoms with E-state index in [9.17, 15) is 13.2 Å². The van der Waals surface area contributed by atoms with Gasteiger partial charge in [0.25, 0.3) is 0 Å². The molecule has 0 bridgehead atoms. The first-order valence-corrected chi connectivity index (χ1v) is 22.9. The first-order valence-electron chi connectivity index (χ1n) is 21.3. The second kappa shape index (κ2) is 23.1. The summed E-state index contributed by atoms with van der Waals surface area (Å²) in [6.07, 6.45) is -4.23. The number of benzene rings is 6. The number of ether oxygens (including phenoxy) is 6. The second-order valence-corrected chi connectivity index (χ2v) is 17.8. The number of hydrogen-bond acceptors (Lipinski definition) is 9. The van der Waals surface area contributed by atoms with E-state index in [4.69, 9.17) is 28.4 Å². The SMILES string of the molecule is Cc1ccc(S(=O)(=O)C(CC[C@H]2O[C@H](COCc3ccccc3)[C@H](OCc3ccccc3)[C@H](OCc3ccccc3)[C@H]2OCc2ccccc2)NC(=O)OCc2ccccc2)cc1. The highest BCUT2D eigenvalue weighted by Gasteiger charge is 2.49. The van der Waals surface area contributed by atoms with Crippen LogP contribution < -0.4 is 5.32 Å². The van der Waals surface area contributed by atoms with Gasteiger partial charge in [-0.05, 0) is 59.7 Å². The maximum absolute atomic E-state index is 14.4. The van der Waals surface area contributed by atoms with Gasteiger partial charge in [0.05, 0.1) is 44.0 Å². The molecule has 0 saturated carbocycles. The number of alkyl carbamates (subject to hydrolysis) is 1. The molecule has 10 nitrogen and oxygen atoms in total. The van der Waals surface area contributed by atoms with Gasteiger partial charge >= 0.3 is 6.09 Å². The topological polar surface area (TPSA) is 119 Å². The minimum atomic E-state index is -4.13.